The smallest absolute Gasteiger partial charge is 0.312 e. The summed E-state index contributed by atoms with van der Waals surface area (Å²) >= 11 is 0. The summed E-state index contributed by atoms with van der Waals surface area (Å²) in [6.45, 7) is 0. The third-order valence-corrected chi connectivity index (χ3v) is 3.03. The van der Waals surface area contributed by atoms with Crippen LogP contribution in [0.2, 0.25) is 0 Å². The van der Waals surface area contributed by atoms with E-state index in [1.807, 2.05) is 0 Å². The number of nitro groups is 1. The summed E-state index contributed by atoms with van der Waals surface area (Å²) in [7, 11) is 0. The number of nitrogens with zero attached hydrogens (tertiary/aromatic N) is 1. The normalized spacial score (nSPS) is 13.5. The molecule has 0 aliphatic carbocycles. The Morgan fingerprint density at radius 1 is 1.16 bits per heavy atom. The molecule has 0 atom stereocenters. The number of carbonyl (C=O) groups is 2. The molecule has 0 spiro atoms. The molecular weight excluding hydrogens is 252 g/mol. The van der Waals surface area contributed by atoms with Crippen LogP contribution in [0.15, 0.2) is 24.3 Å². The molecule has 7 nitrogen and oxygen atoms in total. The van der Waals surface area contributed by atoms with Crippen molar-refractivity contribution in [1.29, 1.82) is 0 Å². The number of amides is 2. The number of imide groups is 1. The number of phenols is 1. The lowest BCUT2D eigenvalue weighted by Crippen LogP contribution is -2.34. The van der Waals surface area contributed by atoms with Crippen LogP contribution in [0.4, 0.5) is 5.69 Å². The molecule has 2 N–H and O–H groups in total. The Bertz CT molecular complexity index is 781. The predicted molar refractivity (Wildman–Crippen MR) is 64.1 cm³/mol. The van der Waals surface area contributed by atoms with Gasteiger partial charge in [-0.2, -0.15) is 0 Å². The van der Waals surface area contributed by atoms with Gasteiger partial charge in [-0.3, -0.25) is 25.0 Å². The first-order chi connectivity index (χ1) is 9.00. The van der Waals surface area contributed by atoms with Crippen molar-refractivity contribution < 1.29 is 19.6 Å². The summed E-state index contributed by atoms with van der Waals surface area (Å²) in [4.78, 5) is 33.5. The van der Waals surface area contributed by atoms with Gasteiger partial charge in [0.15, 0.2) is 0 Å². The number of phenolic OH excluding ortho intramolecular Hbond substituents is 1. The van der Waals surface area contributed by atoms with Gasteiger partial charge in [-0.25, -0.2) is 0 Å². The molecule has 0 unspecified atom stereocenters. The van der Waals surface area contributed by atoms with Gasteiger partial charge in [0.1, 0.15) is 0 Å². The maximum Gasteiger partial charge on any atom is 0.312 e. The summed E-state index contributed by atoms with van der Waals surface area (Å²) in [6.07, 6.45) is 0. The Labute approximate surface area is 105 Å². The Morgan fingerprint density at radius 3 is 2.53 bits per heavy atom. The van der Waals surface area contributed by atoms with Crippen LogP contribution in [0.25, 0.3) is 10.8 Å². The highest BCUT2D eigenvalue weighted by Gasteiger charge is 2.30. The Hall–Kier alpha value is -2.96. The fourth-order valence-electron chi connectivity index (χ4n) is 2.20. The lowest BCUT2D eigenvalue weighted by atomic mass is 9.94. The minimum absolute atomic E-state index is 0.00898. The highest BCUT2D eigenvalue weighted by atomic mass is 16.6. The summed E-state index contributed by atoms with van der Waals surface area (Å²) in [5, 5.41) is 23.2. The van der Waals surface area contributed by atoms with E-state index in [0.29, 0.717) is 0 Å². The average Bonchev–Trinajstić information content (AvgIpc) is 2.37. The van der Waals surface area contributed by atoms with Crippen molar-refractivity contribution in [2.75, 3.05) is 0 Å². The van der Waals surface area contributed by atoms with Gasteiger partial charge in [0, 0.05) is 22.4 Å². The quantitative estimate of drug-likeness (QED) is 0.455. The number of nitro benzene ring substituents is 1. The van der Waals surface area contributed by atoms with Crippen LogP contribution in [0.3, 0.4) is 0 Å². The first kappa shape index (κ1) is 11.1. The number of aromatic hydroxyl groups is 1. The van der Waals surface area contributed by atoms with Gasteiger partial charge in [0.05, 0.1) is 10.5 Å². The Morgan fingerprint density at radius 2 is 1.84 bits per heavy atom. The summed E-state index contributed by atoms with van der Waals surface area (Å²) in [5.74, 6) is -1.85. The molecule has 0 fully saturated rings. The van der Waals surface area contributed by atoms with E-state index in [2.05, 4.69) is 5.32 Å². The molecule has 0 aromatic heterocycles. The highest BCUT2D eigenvalue weighted by molar-refractivity contribution is 6.26. The van der Waals surface area contributed by atoms with E-state index in [4.69, 9.17) is 0 Å². The lowest BCUT2D eigenvalue weighted by Gasteiger charge is -2.16. The van der Waals surface area contributed by atoms with Crippen LogP contribution < -0.4 is 5.32 Å². The van der Waals surface area contributed by atoms with E-state index >= 15 is 0 Å². The van der Waals surface area contributed by atoms with E-state index in [0.717, 1.165) is 6.07 Å². The van der Waals surface area contributed by atoms with Crippen LogP contribution >= 0.6 is 0 Å². The number of hydrogen-bond donors (Lipinski definition) is 2. The van der Waals surface area contributed by atoms with Gasteiger partial charge in [0.25, 0.3) is 11.8 Å². The summed E-state index contributed by atoms with van der Waals surface area (Å²) in [5.41, 5.74) is -0.351. The standard InChI is InChI=1S/C12H6N2O5/c15-10-5-2-1-3-6-9(5)7(4-8(10)14(18)19)12(17)13-11(6)16/h1-4,15H,(H,13,16,17). The van der Waals surface area contributed by atoms with Crippen LogP contribution in [0.5, 0.6) is 5.75 Å². The fourth-order valence-corrected chi connectivity index (χ4v) is 2.20. The zero-order chi connectivity index (χ0) is 13.7. The first-order valence-electron chi connectivity index (χ1n) is 5.29. The zero-order valence-electron chi connectivity index (χ0n) is 9.34. The van der Waals surface area contributed by atoms with Crippen LogP contribution in [0.1, 0.15) is 20.7 Å². The van der Waals surface area contributed by atoms with E-state index in [1.165, 1.54) is 18.2 Å². The molecule has 1 heterocycles. The molecular formula is C12H6N2O5. The Balaban J connectivity index is 2.55. The van der Waals surface area contributed by atoms with Crippen molar-refractivity contribution in [3.63, 3.8) is 0 Å². The summed E-state index contributed by atoms with van der Waals surface area (Å²) in [6, 6.07) is 5.37. The minimum Gasteiger partial charge on any atom is -0.502 e. The van der Waals surface area contributed by atoms with E-state index in [9.17, 15) is 24.8 Å². The monoisotopic (exact) mass is 258 g/mol. The van der Waals surface area contributed by atoms with Crippen LogP contribution in [-0.2, 0) is 0 Å². The lowest BCUT2D eigenvalue weighted by molar-refractivity contribution is -0.385. The molecule has 0 saturated carbocycles. The second kappa shape index (κ2) is 3.52. The topological polar surface area (TPSA) is 110 Å². The van der Waals surface area contributed by atoms with Crippen molar-refractivity contribution in [3.8, 4) is 5.75 Å². The second-order valence-corrected chi connectivity index (χ2v) is 4.06. The molecule has 2 amide bonds. The maximum absolute atomic E-state index is 11.7. The molecule has 0 saturated heterocycles. The molecule has 94 valence electrons. The van der Waals surface area contributed by atoms with Gasteiger partial charge in [-0.05, 0) is 6.07 Å². The van der Waals surface area contributed by atoms with Crippen molar-refractivity contribution in [2.45, 2.75) is 0 Å². The fraction of sp³-hybridized carbons (Fsp3) is 0. The third kappa shape index (κ3) is 1.38. The third-order valence-electron chi connectivity index (χ3n) is 3.03. The van der Waals surface area contributed by atoms with Gasteiger partial charge in [-0.15, -0.1) is 0 Å². The van der Waals surface area contributed by atoms with E-state index in [-0.39, 0.29) is 21.9 Å². The predicted octanol–water partition coefficient (Wildman–Crippen LogP) is 1.34. The van der Waals surface area contributed by atoms with Gasteiger partial charge < -0.3 is 5.11 Å². The zero-order valence-corrected chi connectivity index (χ0v) is 9.34. The molecule has 2 aromatic rings. The average molecular weight is 258 g/mol. The second-order valence-electron chi connectivity index (χ2n) is 4.06. The van der Waals surface area contributed by atoms with Crippen molar-refractivity contribution in [2.24, 2.45) is 0 Å². The molecule has 3 rings (SSSR count). The maximum atomic E-state index is 11.7. The highest BCUT2D eigenvalue weighted by Crippen LogP contribution is 2.39. The van der Waals surface area contributed by atoms with Gasteiger partial charge >= 0.3 is 5.69 Å². The van der Waals surface area contributed by atoms with Crippen molar-refractivity contribution in [3.05, 3.63) is 45.5 Å². The molecule has 0 radical (unpaired) electrons. The molecule has 19 heavy (non-hydrogen) atoms. The molecule has 1 aliphatic heterocycles. The number of hydrogen-bond acceptors (Lipinski definition) is 5. The summed E-state index contributed by atoms with van der Waals surface area (Å²) < 4.78 is 0. The van der Waals surface area contributed by atoms with Gasteiger partial charge in [-0.1, -0.05) is 12.1 Å². The minimum atomic E-state index is -0.776. The SMILES string of the molecule is O=C1NC(=O)c2cc([N+](=O)[O-])c(O)c3cccc1c23. The van der Waals surface area contributed by atoms with Crippen molar-refractivity contribution >= 4 is 28.3 Å². The number of rotatable bonds is 1. The first-order valence-corrected chi connectivity index (χ1v) is 5.29. The van der Waals surface area contributed by atoms with Crippen molar-refractivity contribution in [1.82, 2.24) is 5.32 Å². The number of carbonyl (C=O) groups excluding carboxylic acids is 2. The number of benzene rings is 2. The molecule has 1 aliphatic rings. The largest absolute Gasteiger partial charge is 0.502 e. The van der Waals surface area contributed by atoms with Crippen LogP contribution in [-0.4, -0.2) is 21.8 Å². The number of nitrogens with one attached hydrogen (secondary N) is 1. The molecule has 7 heteroatoms. The van der Waals surface area contributed by atoms with E-state index in [1.54, 1.807) is 0 Å². The van der Waals surface area contributed by atoms with Gasteiger partial charge in [0.2, 0.25) is 5.75 Å². The Kier molecular flexibility index (Phi) is 2.06. The van der Waals surface area contributed by atoms with E-state index < -0.39 is 28.2 Å². The molecule has 0 bridgehead atoms. The molecule has 2 aromatic carbocycles. The van der Waals surface area contributed by atoms with Crippen LogP contribution in [0, 0.1) is 10.1 Å².